The summed E-state index contributed by atoms with van der Waals surface area (Å²) >= 11 is 0. The number of aryl methyl sites for hydroxylation is 1. The van der Waals surface area contributed by atoms with Gasteiger partial charge in [-0.05, 0) is 38.8 Å². The zero-order chi connectivity index (χ0) is 16.7. The topological polar surface area (TPSA) is 62.6 Å². The lowest BCUT2D eigenvalue weighted by atomic mass is 10.1. The number of hydrogen-bond donors (Lipinski definition) is 3. The minimum absolute atomic E-state index is 0.0331. The molecule has 1 rings (SSSR count). The molecule has 2 atom stereocenters. The maximum Gasteiger partial charge on any atom is 0.279 e. The fourth-order valence-electron chi connectivity index (χ4n) is 2.18. The lowest BCUT2D eigenvalue weighted by molar-refractivity contribution is -0.885. The van der Waals surface area contributed by atoms with Crippen LogP contribution in [0.15, 0.2) is 24.3 Å². The number of carbonyl (C=O) groups is 2. The molecule has 0 aliphatic rings. The molecule has 0 heterocycles. The van der Waals surface area contributed by atoms with E-state index in [-0.39, 0.29) is 30.4 Å². The van der Waals surface area contributed by atoms with E-state index in [9.17, 15) is 9.59 Å². The Hall–Kier alpha value is -1.88. The molecule has 5 heteroatoms. The van der Waals surface area contributed by atoms with E-state index in [1.807, 2.05) is 52.1 Å². The van der Waals surface area contributed by atoms with Crippen LogP contribution in [0.4, 0.5) is 5.69 Å². The second-order valence-corrected chi connectivity index (χ2v) is 5.97. The zero-order valence-corrected chi connectivity index (χ0v) is 14.2. The van der Waals surface area contributed by atoms with Crippen molar-refractivity contribution in [2.75, 3.05) is 18.9 Å². The van der Waals surface area contributed by atoms with E-state index in [2.05, 4.69) is 17.6 Å². The van der Waals surface area contributed by atoms with Crippen molar-refractivity contribution in [3.8, 4) is 0 Å². The van der Waals surface area contributed by atoms with E-state index in [1.54, 1.807) is 0 Å². The first kappa shape index (κ1) is 18.2. The van der Waals surface area contributed by atoms with Crippen LogP contribution in [0.1, 0.15) is 33.3 Å². The number of quaternary nitrogens is 1. The van der Waals surface area contributed by atoms with E-state index in [0.717, 1.165) is 22.6 Å². The van der Waals surface area contributed by atoms with Gasteiger partial charge < -0.3 is 15.5 Å². The van der Waals surface area contributed by atoms with Crippen molar-refractivity contribution in [3.63, 3.8) is 0 Å². The van der Waals surface area contributed by atoms with Crippen LogP contribution in [-0.4, -0.2) is 37.5 Å². The Morgan fingerprint density at radius 2 is 1.82 bits per heavy atom. The molecular formula is C17H28N3O2+. The molecule has 0 saturated heterocycles. The second kappa shape index (κ2) is 8.54. The molecule has 1 aromatic carbocycles. The summed E-state index contributed by atoms with van der Waals surface area (Å²) in [4.78, 5) is 25.0. The Kier molecular flexibility index (Phi) is 7.05. The molecule has 0 aliphatic carbocycles. The molecule has 0 bridgehead atoms. The van der Waals surface area contributed by atoms with Gasteiger partial charge in [-0.2, -0.15) is 0 Å². The van der Waals surface area contributed by atoms with Crippen molar-refractivity contribution < 1.29 is 14.5 Å². The molecule has 22 heavy (non-hydrogen) atoms. The average molecular weight is 306 g/mol. The summed E-state index contributed by atoms with van der Waals surface area (Å²) in [6.07, 6.45) is 0.867. The standard InChI is InChI=1S/C17H27N3O2/c1-6-14-9-7-8-10-15(14)19-16(21)11-20(5)13(4)17(22)18-12(2)3/h7-10,12-13H,6,11H2,1-5H3,(H,18,22)(H,19,21)/p+1/t13-/m0/s1. The Bertz CT molecular complexity index is 514. The molecule has 0 radical (unpaired) electrons. The third-order valence-electron chi connectivity index (χ3n) is 3.68. The highest BCUT2D eigenvalue weighted by Gasteiger charge is 2.24. The number of amides is 2. The van der Waals surface area contributed by atoms with Crippen molar-refractivity contribution in [3.05, 3.63) is 29.8 Å². The van der Waals surface area contributed by atoms with Crippen LogP contribution in [-0.2, 0) is 16.0 Å². The van der Waals surface area contributed by atoms with E-state index in [4.69, 9.17) is 0 Å². The molecule has 1 unspecified atom stereocenters. The summed E-state index contributed by atoms with van der Waals surface area (Å²) in [6.45, 7) is 7.99. The SMILES string of the molecule is CCc1ccccc1NC(=O)C[NH+](C)[C@@H](C)C(=O)NC(C)C. The fraction of sp³-hybridized carbons (Fsp3) is 0.529. The molecule has 3 N–H and O–H groups in total. The van der Waals surface area contributed by atoms with Gasteiger partial charge in [0.25, 0.3) is 11.8 Å². The Morgan fingerprint density at radius 3 is 2.41 bits per heavy atom. The van der Waals surface area contributed by atoms with Crippen LogP contribution < -0.4 is 15.5 Å². The number of anilines is 1. The summed E-state index contributed by atoms with van der Waals surface area (Å²) in [5, 5.41) is 5.81. The van der Waals surface area contributed by atoms with E-state index in [1.165, 1.54) is 0 Å². The lowest BCUT2D eigenvalue weighted by Gasteiger charge is -2.21. The van der Waals surface area contributed by atoms with Crippen molar-refractivity contribution in [1.82, 2.24) is 5.32 Å². The van der Waals surface area contributed by atoms with E-state index in [0.29, 0.717) is 0 Å². The van der Waals surface area contributed by atoms with Crippen LogP contribution >= 0.6 is 0 Å². The summed E-state index contributed by atoms with van der Waals surface area (Å²) in [5.41, 5.74) is 1.96. The Balaban J connectivity index is 2.59. The predicted octanol–water partition coefficient (Wildman–Crippen LogP) is 0.615. The molecule has 2 amide bonds. The predicted molar refractivity (Wildman–Crippen MR) is 88.9 cm³/mol. The zero-order valence-electron chi connectivity index (χ0n) is 14.2. The van der Waals surface area contributed by atoms with E-state index >= 15 is 0 Å². The van der Waals surface area contributed by atoms with Crippen molar-refractivity contribution >= 4 is 17.5 Å². The number of carbonyl (C=O) groups excluding carboxylic acids is 2. The molecule has 1 aromatic rings. The first-order chi connectivity index (χ1) is 10.3. The number of benzene rings is 1. The van der Waals surface area contributed by atoms with Gasteiger partial charge in [-0.25, -0.2) is 0 Å². The smallest absolute Gasteiger partial charge is 0.279 e. The first-order valence-electron chi connectivity index (χ1n) is 7.85. The van der Waals surface area contributed by atoms with Gasteiger partial charge in [-0.1, -0.05) is 25.1 Å². The van der Waals surface area contributed by atoms with Gasteiger partial charge in [0.15, 0.2) is 12.6 Å². The number of likely N-dealkylation sites (N-methyl/N-ethyl adjacent to an activating group) is 1. The summed E-state index contributed by atoms with van der Waals surface area (Å²) in [6, 6.07) is 7.61. The van der Waals surface area contributed by atoms with Gasteiger partial charge in [0.1, 0.15) is 0 Å². The summed E-state index contributed by atoms with van der Waals surface area (Å²) < 4.78 is 0. The fourth-order valence-corrected chi connectivity index (χ4v) is 2.18. The number of hydrogen-bond acceptors (Lipinski definition) is 2. The highest BCUT2D eigenvalue weighted by Crippen LogP contribution is 2.14. The minimum atomic E-state index is -0.269. The third-order valence-corrected chi connectivity index (χ3v) is 3.68. The maximum absolute atomic E-state index is 12.2. The average Bonchev–Trinajstić information content (AvgIpc) is 2.46. The summed E-state index contributed by atoms with van der Waals surface area (Å²) in [7, 11) is 1.86. The quantitative estimate of drug-likeness (QED) is 0.691. The highest BCUT2D eigenvalue weighted by molar-refractivity contribution is 5.92. The molecule has 0 saturated carbocycles. The van der Waals surface area contributed by atoms with Gasteiger partial charge in [0, 0.05) is 11.7 Å². The highest BCUT2D eigenvalue weighted by atomic mass is 16.2. The number of nitrogens with one attached hydrogen (secondary N) is 3. The number of para-hydroxylation sites is 1. The van der Waals surface area contributed by atoms with Gasteiger partial charge in [0.05, 0.1) is 7.05 Å². The van der Waals surface area contributed by atoms with Gasteiger partial charge >= 0.3 is 0 Å². The third kappa shape index (κ3) is 5.48. The molecule has 0 fully saturated rings. The molecular weight excluding hydrogens is 278 g/mol. The maximum atomic E-state index is 12.2. The minimum Gasteiger partial charge on any atom is -0.349 e. The summed E-state index contributed by atoms with van der Waals surface area (Å²) in [5.74, 6) is -0.114. The van der Waals surface area contributed by atoms with Crippen LogP contribution in [0.5, 0.6) is 0 Å². The second-order valence-electron chi connectivity index (χ2n) is 5.97. The molecule has 0 spiro atoms. The molecule has 5 nitrogen and oxygen atoms in total. The van der Waals surface area contributed by atoms with Crippen LogP contribution in [0.25, 0.3) is 0 Å². The van der Waals surface area contributed by atoms with Gasteiger partial charge in [-0.3, -0.25) is 9.59 Å². The van der Waals surface area contributed by atoms with Crippen molar-refractivity contribution in [1.29, 1.82) is 0 Å². The van der Waals surface area contributed by atoms with Crippen LogP contribution in [0.2, 0.25) is 0 Å². The van der Waals surface area contributed by atoms with Crippen molar-refractivity contribution in [2.24, 2.45) is 0 Å². The van der Waals surface area contributed by atoms with Gasteiger partial charge in [-0.15, -0.1) is 0 Å². The van der Waals surface area contributed by atoms with Crippen LogP contribution in [0, 0.1) is 0 Å². The van der Waals surface area contributed by atoms with E-state index < -0.39 is 0 Å². The molecule has 122 valence electrons. The largest absolute Gasteiger partial charge is 0.349 e. The first-order valence-corrected chi connectivity index (χ1v) is 7.85. The molecule has 0 aromatic heterocycles. The Morgan fingerprint density at radius 1 is 1.18 bits per heavy atom. The number of rotatable bonds is 7. The van der Waals surface area contributed by atoms with Crippen LogP contribution in [0.3, 0.4) is 0 Å². The Labute approximate surface area is 133 Å². The van der Waals surface area contributed by atoms with Crippen molar-refractivity contribution in [2.45, 2.75) is 46.2 Å². The molecule has 0 aliphatic heterocycles. The normalized spacial score (nSPS) is 13.5. The monoisotopic (exact) mass is 306 g/mol. The van der Waals surface area contributed by atoms with Gasteiger partial charge in [0.2, 0.25) is 0 Å². The lowest BCUT2D eigenvalue weighted by Crippen LogP contribution is -3.15.